The van der Waals surface area contributed by atoms with Crippen LogP contribution in [-0.2, 0) is 41.5 Å². The number of anilines is 2. The molecule has 2 heterocycles. The van der Waals surface area contributed by atoms with Crippen molar-refractivity contribution in [3.8, 4) is 0 Å². The van der Waals surface area contributed by atoms with Crippen molar-refractivity contribution in [2.75, 3.05) is 62.3 Å². The van der Waals surface area contributed by atoms with Crippen LogP contribution in [0.3, 0.4) is 0 Å². The molecule has 0 spiro atoms. The number of piperidine rings is 2. The van der Waals surface area contributed by atoms with Crippen molar-refractivity contribution in [2.45, 2.75) is 117 Å². The van der Waals surface area contributed by atoms with Gasteiger partial charge in [0.2, 0.25) is 11.8 Å². The van der Waals surface area contributed by atoms with Crippen molar-refractivity contribution < 1.29 is 28.7 Å². The van der Waals surface area contributed by atoms with Crippen LogP contribution in [0.1, 0.15) is 109 Å². The second-order valence-corrected chi connectivity index (χ2v) is 18.4. The van der Waals surface area contributed by atoms with E-state index in [1.165, 1.54) is 23.3 Å². The molecule has 11 heteroatoms. The molecule has 2 fully saturated rings. The number of carbonyl (C=O) groups excluding carboxylic acids is 4. The first-order chi connectivity index (χ1) is 33.6. The zero-order valence-corrected chi connectivity index (χ0v) is 43.3. The maximum absolute atomic E-state index is 12.7. The largest absolute Gasteiger partial charge is 0.463 e. The molecule has 4 aromatic rings. The number of nitrogens with zero attached hydrogens (tertiary/aromatic N) is 4. The molecule has 2 aliphatic heterocycles. The number of halogens is 1. The number of esters is 2. The highest BCUT2D eigenvalue weighted by atomic mass is 79.9. The standard InChI is InChI=1S/C29H38N2O3.C22H27BrN2O.C7H12O2/c1-3-5-23-34-29(33)16-15-24-11-13-25(14-12-24)17-20-30-21-18-27(19-22-30)31(28(32)4-2)26-9-7-6-8-10-26;1-2-22(26)25(20-6-4-3-5-7-20)21-13-16-24(17-14-21)15-12-18-8-10-19(23)11-9-18;1-3-5-6-9-7(8)4-2/h6-16,27H,3-5,17-23H2,1-2H3;3-11,21H,2,12-17H2,1H3;4H,2-3,5-6H2,1H3/b16-15+;;. The van der Waals surface area contributed by atoms with E-state index >= 15 is 0 Å². The Morgan fingerprint density at radius 1 is 0.594 bits per heavy atom. The summed E-state index contributed by atoms with van der Waals surface area (Å²) in [5.41, 5.74) is 5.71. The van der Waals surface area contributed by atoms with E-state index in [-0.39, 0.29) is 29.8 Å². The molecule has 0 aromatic heterocycles. The zero-order valence-electron chi connectivity index (χ0n) is 41.7. The number of carbonyl (C=O) groups is 4. The molecular weight excluding hydrogens is 929 g/mol. The lowest BCUT2D eigenvalue weighted by Gasteiger charge is -2.38. The Bertz CT molecular complexity index is 2120. The minimum Gasteiger partial charge on any atom is -0.463 e. The van der Waals surface area contributed by atoms with Gasteiger partial charge in [0.15, 0.2) is 0 Å². The Labute approximate surface area is 421 Å². The molecule has 0 unspecified atom stereocenters. The van der Waals surface area contributed by atoms with Crippen LogP contribution in [0.25, 0.3) is 6.08 Å². The quantitative estimate of drug-likeness (QED) is 0.0462. The van der Waals surface area contributed by atoms with Gasteiger partial charge >= 0.3 is 11.9 Å². The fourth-order valence-corrected chi connectivity index (χ4v) is 8.63. The molecule has 0 aliphatic carbocycles. The number of rotatable bonds is 21. The van der Waals surface area contributed by atoms with Crippen LogP contribution in [-0.4, -0.2) is 98.1 Å². The molecule has 2 aliphatic rings. The van der Waals surface area contributed by atoms with E-state index in [2.05, 4.69) is 80.4 Å². The normalized spacial score (nSPS) is 14.4. The van der Waals surface area contributed by atoms with Crippen LogP contribution in [0, 0.1) is 0 Å². The lowest BCUT2D eigenvalue weighted by atomic mass is 10.0. The third-order valence-corrected chi connectivity index (χ3v) is 13.0. The molecule has 10 nitrogen and oxygen atoms in total. The van der Waals surface area contributed by atoms with Crippen LogP contribution >= 0.6 is 15.9 Å². The number of likely N-dealkylation sites (tertiary alicyclic amines) is 2. The molecular formula is C58H77BrN4O6. The molecule has 2 amide bonds. The van der Waals surface area contributed by atoms with E-state index in [4.69, 9.17) is 4.74 Å². The summed E-state index contributed by atoms with van der Waals surface area (Å²) in [6, 6.07) is 37.7. The molecule has 0 saturated carbocycles. The van der Waals surface area contributed by atoms with E-state index in [0.717, 1.165) is 125 Å². The number of benzene rings is 4. The Morgan fingerprint density at radius 3 is 1.39 bits per heavy atom. The first kappa shape index (κ1) is 56.2. The predicted octanol–water partition coefficient (Wildman–Crippen LogP) is 11.9. The smallest absolute Gasteiger partial charge is 0.330 e. The summed E-state index contributed by atoms with van der Waals surface area (Å²) in [7, 11) is 0. The Kier molecular flexibility index (Phi) is 26.4. The summed E-state index contributed by atoms with van der Waals surface area (Å²) in [6.07, 6.45) is 15.6. The summed E-state index contributed by atoms with van der Waals surface area (Å²) >= 11 is 3.49. The van der Waals surface area contributed by atoms with Crippen LogP contribution < -0.4 is 9.80 Å². The van der Waals surface area contributed by atoms with Crippen molar-refractivity contribution in [3.05, 3.63) is 149 Å². The third-order valence-electron chi connectivity index (χ3n) is 12.4. The molecule has 69 heavy (non-hydrogen) atoms. The van der Waals surface area contributed by atoms with E-state index in [1.54, 1.807) is 6.08 Å². The third kappa shape index (κ3) is 20.6. The molecule has 0 bridgehead atoms. The van der Waals surface area contributed by atoms with Crippen LogP contribution in [0.5, 0.6) is 0 Å². The summed E-state index contributed by atoms with van der Waals surface area (Å²) in [5.74, 6) is -0.187. The first-order valence-corrected chi connectivity index (χ1v) is 26.0. The van der Waals surface area contributed by atoms with Gasteiger partial charge in [-0.15, -0.1) is 0 Å². The van der Waals surface area contributed by atoms with Crippen molar-refractivity contribution in [1.82, 2.24) is 9.80 Å². The minimum atomic E-state index is -0.330. The van der Waals surface area contributed by atoms with Crippen molar-refractivity contribution in [2.24, 2.45) is 0 Å². The first-order valence-electron chi connectivity index (χ1n) is 25.2. The van der Waals surface area contributed by atoms with E-state index < -0.39 is 0 Å². The average Bonchev–Trinajstić information content (AvgIpc) is 3.39. The molecule has 0 atom stereocenters. The van der Waals surface area contributed by atoms with Gasteiger partial charge in [-0.25, -0.2) is 9.59 Å². The maximum atomic E-state index is 12.7. The summed E-state index contributed by atoms with van der Waals surface area (Å²) < 4.78 is 11.0. The second-order valence-electron chi connectivity index (χ2n) is 17.5. The van der Waals surface area contributed by atoms with E-state index in [9.17, 15) is 19.2 Å². The second kappa shape index (κ2) is 32.5. The zero-order chi connectivity index (χ0) is 49.6. The van der Waals surface area contributed by atoms with Gasteiger partial charge in [-0.05, 0) is 111 Å². The SMILES string of the molecule is C=CC(=O)OCCCC.CCC(=O)N(c1ccccc1)C1CCN(CCc2ccc(Br)cc2)CC1.CCCCOC(=O)/C=C/c1ccc(CCN2CCC(N(C(=O)CC)c3ccccc3)CC2)cc1. The van der Waals surface area contributed by atoms with Gasteiger partial charge in [-0.2, -0.15) is 0 Å². The maximum Gasteiger partial charge on any atom is 0.330 e. The number of ether oxygens (including phenoxy) is 2. The minimum absolute atomic E-state index is 0.202. The van der Waals surface area contributed by atoms with Crippen LogP contribution in [0.15, 0.2) is 132 Å². The summed E-state index contributed by atoms with van der Waals surface area (Å²) in [6.45, 7) is 18.5. The number of hydrogen-bond donors (Lipinski definition) is 0. The monoisotopic (exact) mass is 1000 g/mol. The van der Waals surface area contributed by atoms with Gasteiger partial charge in [0.25, 0.3) is 0 Å². The summed E-state index contributed by atoms with van der Waals surface area (Å²) in [5, 5.41) is 0. The molecule has 372 valence electrons. The van der Waals surface area contributed by atoms with Crippen molar-refractivity contribution in [1.29, 1.82) is 0 Å². The molecule has 2 saturated heterocycles. The van der Waals surface area contributed by atoms with Gasteiger partial charge < -0.3 is 29.1 Å². The fraction of sp³-hybridized carbons (Fsp3) is 0.448. The van der Waals surface area contributed by atoms with Gasteiger partial charge in [-0.1, -0.05) is 136 Å². The lowest BCUT2D eigenvalue weighted by molar-refractivity contribution is -0.138. The molecule has 0 N–H and O–H groups in total. The summed E-state index contributed by atoms with van der Waals surface area (Å²) in [4.78, 5) is 56.3. The Morgan fingerprint density at radius 2 is 1.00 bits per heavy atom. The highest BCUT2D eigenvalue weighted by Gasteiger charge is 2.29. The Balaban J connectivity index is 0.000000261. The van der Waals surface area contributed by atoms with Gasteiger partial charge in [-0.3, -0.25) is 9.59 Å². The highest BCUT2D eigenvalue weighted by Crippen LogP contribution is 2.26. The molecule has 4 aromatic carbocycles. The van der Waals surface area contributed by atoms with E-state index in [0.29, 0.717) is 32.1 Å². The molecule has 6 rings (SSSR count). The number of unbranched alkanes of at least 4 members (excludes halogenated alkanes) is 2. The Hall–Kier alpha value is -5.36. The van der Waals surface area contributed by atoms with Crippen molar-refractivity contribution in [3.63, 3.8) is 0 Å². The number of para-hydroxylation sites is 2. The van der Waals surface area contributed by atoms with Crippen molar-refractivity contribution >= 4 is 57.1 Å². The molecule has 0 radical (unpaired) electrons. The van der Waals surface area contributed by atoms with Gasteiger partial charge in [0.05, 0.1) is 13.2 Å². The van der Waals surface area contributed by atoms with Crippen LogP contribution in [0.4, 0.5) is 11.4 Å². The van der Waals surface area contributed by atoms with E-state index in [1.807, 2.05) is 103 Å². The lowest BCUT2D eigenvalue weighted by Crippen LogP contribution is -2.47. The van der Waals surface area contributed by atoms with Gasteiger partial charge in [0, 0.05) is 92.2 Å². The number of amides is 2. The average molecular weight is 1010 g/mol. The highest BCUT2D eigenvalue weighted by molar-refractivity contribution is 9.10. The van der Waals surface area contributed by atoms with Gasteiger partial charge in [0.1, 0.15) is 0 Å². The topological polar surface area (TPSA) is 99.7 Å². The number of hydrogen-bond acceptors (Lipinski definition) is 8. The van der Waals surface area contributed by atoms with Crippen LogP contribution in [0.2, 0.25) is 0 Å². The predicted molar refractivity (Wildman–Crippen MR) is 286 cm³/mol. The fourth-order valence-electron chi connectivity index (χ4n) is 8.36.